The number of nitrogens with zero attached hydrogens (tertiary/aromatic N) is 1. The summed E-state index contributed by atoms with van der Waals surface area (Å²) < 4.78 is 5.34. The summed E-state index contributed by atoms with van der Waals surface area (Å²) in [5, 5.41) is 7.23. The largest absolute Gasteiger partial charge is 0.462 e. The molecule has 1 aliphatic rings. The van der Waals surface area contributed by atoms with Gasteiger partial charge in [-0.15, -0.1) is 36.2 Å². The Labute approximate surface area is 152 Å². The smallest absolute Gasteiger partial charge is 0.271 e. The van der Waals surface area contributed by atoms with Crippen molar-refractivity contribution in [2.24, 2.45) is 0 Å². The van der Waals surface area contributed by atoms with Gasteiger partial charge in [0, 0.05) is 17.0 Å². The van der Waals surface area contributed by atoms with Gasteiger partial charge in [-0.05, 0) is 45.4 Å². The van der Waals surface area contributed by atoms with Crippen LogP contribution in [-0.4, -0.2) is 29.5 Å². The van der Waals surface area contributed by atoms with Crippen LogP contribution in [0.3, 0.4) is 0 Å². The van der Waals surface area contributed by atoms with Crippen LogP contribution in [0.4, 0.5) is 0 Å². The van der Waals surface area contributed by atoms with E-state index in [1.165, 1.54) is 11.3 Å². The van der Waals surface area contributed by atoms with Gasteiger partial charge >= 0.3 is 0 Å². The highest BCUT2D eigenvalue weighted by molar-refractivity contribution is 7.15. The lowest BCUT2D eigenvalue weighted by molar-refractivity contribution is 0.0921. The predicted octanol–water partition coefficient (Wildman–Crippen LogP) is 3.43. The molecule has 8 heteroatoms. The Hall–Kier alpha value is -1.08. The Kier molecular flexibility index (Phi) is 7.54. The van der Waals surface area contributed by atoms with E-state index in [0.717, 1.165) is 29.3 Å². The zero-order chi connectivity index (χ0) is 14.8. The number of aryl methyl sites for hydroxylation is 1. The van der Waals surface area contributed by atoms with Crippen LogP contribution in [0.5, 0.6) is 0 Å². The summed E-state index contributed by atoms with van der Waals surface area (Å²) >= 11 is 1.48. The van der Waals surface area contributed by atoms with E-state index in [-0.39, 0.29) is 36.8 Å². The van der Waals surface area contributed by atoms with Crippen LogP contribution in [-0.2, 0) is 0 Å². The fraction of sp³-hybridized carbons (Fsp3) is 0.467. The van der Waals surface area contributed by atoms with E-state index in [0.29, 0.717) is 17.5 Å². The van der Waals surface area contributed by atoms with Crippen LogP contribution in [0.2, 0.25) is 0 Å². The van der Waals surface area contributed by atoms with Gasteiger partial charge in [-0.1, -0.05) is 0 Å². The fourth-order valence-electron chi connectivity index (χ4n) is 2.63. The number of nitrogens with one attached hydrogen (secondary N) is 2. The maximum absolute atomic E-state index is 12.4. The minimum absolute atomic E-state index is 0. The van der Waals surface area contributed by atoms with Crippen LogP contribution in [0.1, 0.15) is 35.1 Å². The number of amides is 1. The lowest BCUT2D eigenvalue weighted by atomic mass is 10.0. The summed E-state index contributed by atoms with van der Waals surface area (Å²) in [7, 11) is 0. The molecule has 2 aromatic heterocycles. The minimum Gasteiger partial charge on any atom is -0.462 e. The lowest BCUT2D eigenvalue weighted by Crippen LogP contribution is -2.46. The third kappa shape index (κ3) is 4.70. The lowest BCUT2D eigenvalue weighted by Gasteiger charge is -2.28. The molecule has 3 rings (SSSR count). The van der Waals surface area contributed by atoms with Crippen molar-refractivity contribution in [3.8, 4) is 10.8 Å². The van der Waals surface area contributed by atoms with Crippen molar-refractivity contribution in [1.82, 2.24) is 15.6 Å². The summed E-state index contributed by atoms with van der Waals surface area (Å²) in [4.78, 5) is 17.8. The molecule has 2 atom stereocenters. The molecule has 0 saturated carbocycles. The molecule has 0 bridgehead atoms. The molecule has 1 amide bonds. The minimum atomic E-state index is -0.0827. The first-order chi connectivity index (χ1) is 10.1. The maximum Gasteiger partial charge on any atom is 0.271 e. The number of halogens is 2. The molecule has 0 aliphatic carbocycles. The molecule has 2 unspecified atom stereocenters. The van der Waals surface area contributed by atoms with Gasteiger partial charge in [0.25, 0.3) is 5.91 Å². The van der Waals surface area contributed by atoms with Crippen molar-refractivity contribution in [2.75, 3.05) is 6.54 Å². The van der Waals surface area contributed by atoms with Crippen molar-refractivity contribution in [3.63, 3.8) is 0 Å². The number of carbonyl (C=O) groups excluding carboxylic acids is 1. The SMILES string of the molecule is Cc1sc(-c2ccco2)nc1C(=O)NC1CCNC(C)C1.Cl.Cl. The van der Waals surface area contributed by atoms with Gasteiger partial charge in [-0.2, -0.15) is 0 Å². The second-order valence-electron chi connectivity index (χ2n) is 5.45. The van der Waals surface area contributed by atoms with Crippen molar-refractivity contribution in [2.45, 2.75) is 38.8 Å². The molecule has 1 aliphatic heterocycles. The topological polar surface area (TPSA) is 67.2 Å². The van der Waals surface area contributed by atoms with Gasteiger partial charge in [0.15, 0.2) is 10.8 Å². The first kappa shape index (κ1) is 20.0. The third-order valence-corrected chi connectivity index (χ3v) is 4.69. The van der Waals surface area contributed by atoms with Gasteiger partial charge in [0.1, 0.15) is 5.69 Å². The Morgan fingerprint density at radius 1 is 1.48 bits per heavy atom. The molecule has 1 fully saturated rings. The maximum atomic E-state index is 12.4. The summed E-state index contributed by atoms with van der Waals surface area (Å²) in [6.07, 6.45) is 3.53. The van der Waals surface area contributed by atoms with Crippen LogP contribution in [0, 0.1) is 6.92 Å². The van der Waals surface area contributed by atoms with Crippen molar-refractivity contribution in [3.05, 3.63) is 29.0 Å². The summed E-state index contributed by atoms with van der Waals surface area (Å²) in [5.74, 6) is 0.623. The van der Waals surface area contributed by atoms with Crippen LogP contribution < -0.4 is 10.6 Å². The zero-order valence-electron chi connectivity index (χ0n) is 13.0. The van der Waals surface area contributed by atoms with Gasteiger partial charge in [-0.3, -0.25) is 4.79 Å². The van der Waals surface area contributed by atoms with Crippen molar-refractivity contribution in [1.29, 1.82) is 0 Å². The highest BCUT2D eigenvalue weighted by Gasteiger charge is 2.23. The standard InChI is InChI=1S/C15H19N3O2S.2ClH/c1-9-8-11(5-6-16-9)17-14(19)13-10(2)21-15(18-13)12-4-3-7-20-12;;/h3-4,7,9,11,16H,5-6,8H2,1-2H3,(H,17,19);2*1H. The molecule has 0 aromatic carbocycles. The number of aromatic nitrogens is 1. The average Bonchev–Trinajstić information content (AvgIpc) is 3.07. The van der Waals surface area contributed by atoms with Crippen molar-refractivity contribution < 1.29 is 9.21 Å². The Balaban J connectivity index is 0.00000132. The quantitative estimate of drug-likeness (QED) is 0.859. The summed E-state index contributed by atoms with van der Waals surface area (Å²) in [6, 6.07) is 4.35. The summed E-state index contributed by atoms with van der Waals surface area (Å²) in [6.45, 7) is 5.01. The molecule has 1 saturated heterocycles. The fourth-order valence-corrected chi connectivity index (χ4v) is 3.51. The van der Waals surface area contributed by atoms with Crippen LogP contribution in [0.25, 0.3) is 10.8 Å². The Bertz CT molecular complexity index is 631. The number of furan rings is 1. The molecule has 0 radical (unpaired) electrons. The normalized spacial score (nSPS) is 20.3. The van der Waals surface area contributed by atoms with E-state index in [4.69, 9.17) is 4.42 Å². The predicted molar refractivity (Wildman–Crippen MR) is 97.0 cm³/mol. The molecule has 0 spiro atoms. The first-order valence-corrected chi connectivity index (χ1v) is 8.00. The number of hydrogen-bond donors (Lipinski definition) is 2. The van der Waals surface area contributed by atoms with E-state index >= 15 is 0 Å². The molecular formula is C15H21Cl2N3O2S. The summed E-state index contributed by atoms with van der Waals surface area (Å²) in [5.41, 5.74) is 0.512. The third-order valence-electron chi connectivity index (χ3n) is 3.70. The van der Waals surface area contributed by atoms with E-state index in [1.807, 2.05) is 19.1 Å². The number of thiazole rings is 1. The van der Waals surface area contributed by atoms with Crippen LogP contribution >= 0.6 is 36.2 Å². The van der Waals surface area contributed by atoms with Gasteiger partial charge < -0.3 is 15.1 Å². The average molecular weight is 378 g/mol. The van der Waals surface area contributed by atoms with Gasteiger partial charge in [0.05, 0.1) is 6.26 Å². The van der Waals surface area contributed by atoms with E-state index in [9.17, 15) is 4.79 Å². The first-order valence-electron chi connectivity index (χ1n) is 7.19. The Morgan fingerprint density at radius 3 is 2.91 bits per heavy atom. The second-order valence-corrected chi connectivity index (χ2v) is 6.65. The molecule has 23 heavy (non-hydrogen) atoms. The van der Waals surface area contributed by atoms with E-state index < -0.39 is 0 Å². The van der Waals surface area contributed by atoms with E-state index in [1.54, 1.807) is 6.26 Å². The molecular weight excluding hydrogens is 357 g/mol. The van der Waals surface area contributed by atoms with Gasteiger partial charge in [-0.25, -0.2) is 4.98 Å². The van der Waals surface area contributed by atoms with Crippen LogP contribution in [0.15, 0.2) is 22.8 Å². The number of carbonyl (C=O) groups is 1. The highest BCUT2D eigenvalue weighted by atomic mass is 35.5. The molecule has 128 valence electrons. The van der Waals surface area contributed by atoms with Crippen molar-refractivity contribution >= 4 is 42.1 Å². The Morgan fingerprint density at radius 2 is 2.26 bits per heavy atom. The number of rotatable bonds is 3. The molecule has 2 aromatic rings. The molecule has 3 heterocycles. The molecule has 5 nitrogen and oxygen atoms in total. The second kappa shape index (κ2) is 8.68. The highest BCUT2D eigenvalue weighted by Crippen LogP contribution is 2.28. The monoisotopic (exact) mass is 377 g/mol. The van der Waals surface area contributed by atoms with E-state index in [2.05, 4.69) is 22.5 Å². The number of piperidine rings is 1. The number of hydrogen-bond acceptors (Lipinski definition) is 5. The van der Waals surface area contributed by atoms with Gasteiger partial charge in [0.2, 0.25) is 0 Å². The zero-order valence-corrected chi connectivity index (χ0v) is 15.4. The molecule has 2 N–H and O–H groups in total.